The van der Waals surface area contributed by atoms with Crippen molar-refractivity contribution in [1.82, 2.24) is 20.5 Å². The molecule has 152 valence electrons. The van der Waals surface area contributed by atoms with Crippen LogP contribution in [0, 0.1) is 0 Å². The number of anilines is 2. The van der Waals surface area contributed by atoms with Gasteiger partial charge in [-0.3, -0.25) is 9.78 Å². The van der Waals surface area contributed by atoms with Crippen molar-refractivity contribution in [2.75, 3.05) is 19.5 Å². The fraction of sp³-hybridized carbons (Fsp3) is 0.143. The number of benzene rings is 1. The molecule has 2 N–H and O–H groups in total. The van der Waals surface area contributed by atoms with E-state index in [0.717, 1.165) is 22.4 Å². The fourth-order valence-electron chi connectivity index (χ4n) is 2.85. The molecule has 0 radical (unpaired) electrons. The predicted octanol–water partition coefficient (Wildman–Crippen LogP) is 3.31. The maximum Gasteiger partial charge on any atom is 0.278 e. The molecule has 9 heteroatoms. The Morgan fingerprint density at radius 3 is 2.90 bits per heavy atom. The Kier molecular flexibility index (Phi) is 5.42. The van der Waals surface area contributed by atoms with Crippen LogP contribution in [0.5, 0.6) is 11.6 Å². The molecule has 0 saturated carbocycles. The molecule has 30 heavy (non-hydrogen) atoms. The minimum Gasteiger partial charge on any atom is -0.497 e. The molecule has 0 fully saturated rings. The van der Waals surface area contributed by atoms with Crippen molar-refractivity contribution in [2.45, 2.75) is 6.61 Å². The summed E-state index contributed by atoms with van der Waals surface area (Å²) in [4.78, 5) is 15.8. The number of hydrogen-bond acceptors (Lipinski definition) is 8. The highest BCUT2D eigenvalue weighted by atomic mass is 16.5. The zero-order valence-electron chi connectivity index (χ0n) is 16.4. The summed E-state index contributed by atoms with van der Waals surface area (Å²) in [6.07, 6.45) is 3.10. The number of furan rings is 1. The molecule has 0 bridgehead atoms. The van der Waals surface area contributed by atoms with E-state index in [1.54, 1.807) is 44.8 Å². The van der Waals surface area contributed by atoms with Crippen LogP contribution in [0.3, 0.4) is 0 Å². The van der Waals surface area contributed by atoms with E-state index in [4.69, 9.17) is 13.9 Å². The normalized spacial score (nSPS) is 10.6. The minimum absolute atomic E-state index is 0.180. The van der Waals surface area contributed by atoms with Crippen LogP contribution >= 0.6 is 0 Å². The third kappa shape index (κ3) is 4.00. The van der Waals surface area contributed by atoms with Gasteiger partial charge in [-0.05, 0) is 35.9 Å². The van der Waals surface area contributed by atoms with E-state index in [-0.39, 0.29) is 18.4 Å². The molecular formula is C21H19N5O4. The molecule has 3 heterocycles. The second-order valence-electron chi connectivity index (χ2n) is 6.29. The van der Waals surface area contributed by atoms with Crippen molar-refractivity contribution in [2.24, 2.45) is 0 Å². The summed E-state index contributed by atoms with van der Waals surface area (Å²) in [6, 6.07) is 12.7. The first-order valence-electron chi connectivity index (χ1n) is 9.12. The molecule has 0 unspecified atom stereocenters. The fourth-order valence-corrected chi connectivity index (χ4v) is 2.85. The third-order valence-corrected chi connectivity index (χ3v) is 4.35. The zero-order chi connectivity index (χ0) is 20.9. The lowest BCUT2D eigenvalue weighted by atomic mass is 10.2. The quantitative estimate of drug-likeness (QED) is 0.482. The molecule has 0 spiro atoms. The number of rotatable bonds is 7. The average molecular weight is 405 g/mol. The Morgan fingerprint density at radius 2 is 2.07 bits per heavy atom. The van der Waals surface area contributed by atoms with Gasteiger partial charge >= 0.3 is 0 Å². The number of nitrogens with one attached hydrogen (secondary N) is 2. The standard InChI is InChI=1S/C21H19N5O4/c1-22-20(27)17-10-13(6-8-23-17)12-30-21-18-16(7-9-29-18)19(25-26-21)24-14-4-3-5-15(11-14)28-2/h3-11H,12H2,1-2H3,(H,22,27)(H,24,25). The number of hydrogen-bond donors (Lipinski definition) is 2. The largest absolute Gasteiger partial charge is 0.497 e. The molecule has 0 saturated heterocycles. The monoisotopic (exact) mass is 405 g/mol. The van der Waals surface area contributed by atoms with E-state index < -0.39 is 0 Å². The lowest BCUT2D eigenvalue weighted by molar-refractivity contribution is 0.0958. The Balaban J connectivity index is 1.54. The van der Waals surface area contributed by atoms with Gasteiger partial charge in [-0.1, -0.05) is 6.07 Å². The molecule has 4 rings (SSSR count). The van der Waals surface area contributed by atoms with Crippen LogP contribution in [0.25, 0.3) is 11.0 Å². The lowest BCUT2D eigenvalue weighted by Gasteiger charge is -2.10. The predicted molar refractivity (Wildman–Crippen MR) is 110 cm³/mol. The molecular weight excluding hydrogens is 386 g/mol. The number of carbonyl (C=O) groups excluding carboxylic acids is 1. The van der Waals surface area contributed by atoms with Gasteiger partial charge in [0.2, 0.25) is 5.58 Å². The first-order chi connectivity index (χ1) is 14.7. The molecule has 3 aromatic heterocycles. The first kappa shape index (κ1) is 19.2. The summed E-state index contributed by atoms with van der Waals surface area (Å²) < 4.78 is 16.6. The van der Waals surface area contributed by atoms with E-state index in [0.29, 0.717) is 17.1 Å². The minimum atomic E-state index is -0.266. The number of aromatic nitrogens is 3. The third-order valence-electron chi connectivity index (χ3n) is 4.35. The lowest BCUT2D eigenvalue weighted by Crippen LogP contribution is -2.19. The summed E-state index contributed by atoms with van der Waals surface area (Å²) in [5.41, 5.74) is 2.35. The van der Waals surface area contributed by atoms with Crippen molar-refractivity contribution in [1.29, 1.82) is 0 Å². The summed E-state index contributed by atoms with van der Waals surface area (Å²) in [6.45, 7) is 0.180. The highest BCUT2D eigenvalue weighted by molar-refractivity contribution is 5.93. The Hall–Kier alpha value is -4.14. The van der Waals surface area contributed by atoms with Crippen LogP contribution in [-0.2, 0) is 6.61 Å². The highest BCUT2D eigenvalue weighted by Gasteiger charge is 2.15. The molecule has 0 atom stereocenters. The second-order valence-corrected chi connectivity index (χ2v) is 6.29. The molecule has 1 amide bonds. The van der Waals surface area contributed by atoms with Crippen molar-refractivity contribution in [3.8, 4) is 11.6 Å². The van der Waals surface area contributed by atoms with Gasteiger partial charge < -0.3 is 24.5 Å². The van der Waals surface area contributed by atoms with Gasteiger partial charge in [0.05, 0.1) is 18.8 Å². The summed E-state index contributed by atoms with van der Waals surface area (Å²) in [5, 5.41) is 14.9. The smallest absolute Gasteiger partial charge is 0.278 e. The van der Waals surface area contributed by atoms with Crippen LogP contribution in [-0.4, -0.2) is 35.2 Å². The van der Waals surface area contributed by atoms with Gasteiger partial charge in [-0.2, -0.15) is 0 Å². The van der Waals surface area contributed by atoms with Crippen molar-refractivity contribution in [3.63, 3.8) is 0 Å². The molecule has 1 aromatic carbocycles. The molecule has 0 aliphatic heterocycles. The van der Waals surface area contributed by atoms with Crippen molar-refractivity contribution >= 4 is 28.4 Å². The number of carbonyl (C=O) groups is 1. The molecule has 0 aliphatic carbocycles. The topological polar surface area (TPSA) is 111 Å². The Labute approximate surface area is 172 Å². The highest BCUT2D eigenvalue weighted by Crippen LogP contribution is 2.31. The van der Waals surface area contributed by atoms with Gasteiger partial charge in [0.25, 0.3) is 11.8 Å². The number of amides is 1. The number of fused-ring (bicyclic) bond motifs is 1. The maximum absolute atomic E-state index is 11.7. The van der Waals surface area contributed by atoms with Gasteiger partial charge in [0, 0.05) is 25.0 Å². The first-order valence-corrected chi connectivity index (χ1v) is 9.12. The van der Waals surface area contributed by atoms with Crippen LogP contribution in [0.1, 0.15) is 16.1 Å². The van der Waals surface area contributed by atoms with Gasteiger partial charge in [-0.25, -0.2) is 0 Å². The maximum atomic E-state index is 11.7. The summed E-state index contributed by atoms with van der Waals surface area (Å²) >= 11 is 0. The van der Waals surface area contributed by atoms with Crippen LogP contribution < -0.4 is 20.1 Å². The van der Waals surface area contributed by atoms with Crippen LogP contribution in [0.4, 0.5) is 11.5 Å². The van der Waals surface area contributed by atoms with E-state index in [1.165, 1.54) is 0 Å². The number of nitrogens with zero attached hydrogens (tertiary/aromatic N) is 3. The SMILES string of the molecule is CNC(=O)c1cc(COc2nnc(Nc3cccc(OC)c3)c3ccoc23)ccn1. The number of ether oxygens (including phenoxy) is 2. The van der Waals surface area contributed by atoms with Gasteiger partial charge in [0.15, 0.2) is 5.82 Å². The summed E-state index contributed by atoms with van der Waals surface area (Å²) in [7, 11) is 3.16. The van der Waals surface area contributed by atoms with Crippen LogP contribution in [0.15, 0.2) is 59.3 Å². The van der Waals surface area contributed by atoms with E-state index >= 15 is 0 Å². The van der Waals surface area contributed by atoms with E-state index in [2.05, 4.69) is 25.8 Å². The number of pyridine rings is 1. The van der Waals surface area contributed by atoms with Gasteiger partial charge in [-0.15, -0.1) is 10.2 Å². The molecule has 9 nitrogen and oxygen atoms in total. The number of methoxy groups -OCH3 is 1. The Morgan fingerprint density at radius 1 is 1.17 bits per heavy atom. The summed E-state index contributed by atoms with van der Waals surface area (Å²) in [5.74, 6) is 1.25. The van der Waals surface area contributed by atoms with Crippen molar-refractivity contribution in [3.05, 3.63) is 66.2 Å². The Bertz CT molecular complexity index is 1190. The van der Waals surface area contributed by atoms with Crippen molar-refractivity contribution < 1.29 is 18.7 Å². The van der Waals surface area contributed by atoms with E-state index in [1.807, 2.05) is 24.3 Å². The van der Waals surface area contributed by atoms with Gasteiger partial charge in [0.1, 0.15) is 18.1 Å². The zero-order valence-corrected chi connectivity index (χ0v) is 16.4. The second kappa shape index (κ2) is 8.48. The average Bonchev–Trinajstić information content (AvgIpc) is 3.29. The van der Waals surface area contributed by atoms with E-state index in [9.17, 15) is 4.79 Å². The van der Waals surface area contributed by atoms with Crippen LogP contribution in [0.2, 0.25) is 0 Å². The molecule has 0 aliphatic rings. The molecule has 4 aromatic rings.